The van der Waals surface area contributed by atoms with Crippen LogP contribution >= 0.6 is 0 Å². The van der Waals surface area contributed by atoms with Crippen LogP contribution in [-0.2, 0) is 21.5 Å². The smallest absolute Gasteiger partial charge is 0.334 e. The Balaban J connectivity index is 2.01. The highest BCUT2D eigenvalue weighted by molar-refractivity contribution is 5.90. The molecule has 0 spiro atoms. The molecule has 2 atom stereocenters. The number of aryl methyl sites for hydroxylation is 1. The fraction of sp³-hybridized carbons (Fsp3) is 0.471. The number of urea groups is 1. The highest BCUT2D eigenvalue weighted by Crippen LogP contribution is 2.37. The van der Waals surface area contributed by atoms with Crippen molar-refractivity contribution < 1.29 is 19.5 Å². The number of carbonyl (C=O) groups excluding carboxylic acids is 2. The number of carboxylic acid groups (broad SMARTS) is 1. The summed E-state index contributed by atoms with van der Waals surface area (Å²) >= 11 is 0. The monoisotopic (exact) mass is 333 g/mol. The molecule has 0 fully saturated rings. The van der Waals surface area contributed by atoms with E-state index in [1.807, 2.05) is 26.0 Å². The predicted molar refractivity (Wildman–Crippen MR) is 88.5 cm³/mol. The van der Waals surface area contributed by atoms with E-state index in [2.05, 4.69) is 16.0 Å². The van der Waals surface area contributed by atoms with Gasteiger partial charge in [0.05, 0.1) is 6.54 Å². The van der Waals surface area contributed by atoms with E-state index in [-0.39, 0.29) is 24.9 Å². The second-order valence-corrected chi connectivity index (χ2v) is 6.05. The summed E-state index contributed by atoms with van der Waals surface area (Å²) in [6.07, 6.45) is 1.66. The van der Waals surface area contributed by atoms with E-state index in [1.165, 1.54) is 0 Å². The number of hydrogen-bond donors (Lipinski definition) is 4. The second kappa shape index (κ2) is 7.33. The van der Waals surface area contributed by atoms with Gasteiger partial charge in [0.1, 0.15) is 0 Å². The van der Waals surface area contributed by atoms with Gasteiger partial charge in [0.15, 0.2) is 5.54 Å². The standard InChI is InChI=1S/C17H23N3O4/c1-3-11(2)19-14(21)10-18-16(24)20-17(15(22)23)9-8-12-6-4-5-7-13(12)17/h4-7,11H,3,8-10H2,1-2H3,(H,19,21)(H,22,23)(H2,18,20,24)/t11-,17-/m0/s1. The Labute approximate surface area is 140 Å². The average molecular weight is 333 g/mol. The van der Waals surface area contributed by atoms with E-state index in [1.54, 1.807) is 12.1 Å². The van der Waals surface area contributed by atoms with Crippen LogP contribution in [0.1, 0.15) is 37.8 Å². The van der Waals surface area contributed by atoms with Crippen molar-refractivity contribution in [1.82, 2.24) is 16.0 Å². The van der Waals surface area contributed by atoms with Crippen molar-refractivity contribution >= 4 is 17.9 Å². The lowest BCUT2D eigenvalue weighted by atomic mass is 9.92. The van der Waals surface area contributed by atoms with Crippen LogP contribution in [0.2, 0.25) is 0 Å². The van der Waals surface area contributed by atoms with E-state index in [0.717, 1.165) is 12.0 Å². The van der Waals surface area contributed by atoms with Gasteiger partial charge in [-0.15, -0.1) is 0 Å². The summed E-state index contributed by atoms with van der Waals surface area (Å²) in [5.41, 5.74) is 0.0554. The molecular formula is C17H23N3O4. The van der Waals surface area contributed by atoms with Crippen LogP contribution in [0.25, 0.3) is 0 Å². The molecule has 0 aromatic heterocycles. The summed E-state index contributed by atoms with van der Waals surface area (Å²) in [4.78, 5) is 35.6. The molecule has 130 valence electrons. The molecule has 7 nitrogen and oxygen atoms in total. The summed E-state index contributed by atoms with van der Waals surface area (Å²) in [6.45, 7) is 3.61. The van der Waals surface area contributed by atoms with Crippen LogP contribution in [0.15, 0.2) is 24.3 Å². The number of rotatable bonds is 6. The van der Waals surface area contributed by atoms with E-state index >= 15 is 0 Å². The van der Waals surface area contributed by atoms with Gasteiger partial charge in [0.25, 0.3) is 0 Å². The van der Waals surface area contributed by atoms with Crippen LogP contribution < -0.4 is 16.0 Å². The van der Waals surface area contributed by atoms with Crippen molar-refractivity contribution in [3.8, 4) is 0 Å². The summed E-state index contributed by atoms with van der Waals surface area (Å²) in [6, 6.07) is 6.52. The Morgan fingerprint density at radius 1 is 1.29 bits per heavy atom. The number of carboxylic acids is 1. The Morgan fingerprint density at radius 3 is 2.67 bits per heavy atom. The lowest BCUT2D eigenvalue weighted by molar-refractivity contribution is -0.144. The van der Waals surface area contributed by atoms with Crippen LogP contribution in [0.4, 0.5) is 4.79 Å². The summed E-state index contributed by atoms with van der Waals surface area (Å²) in [7, 11) is 0. The maximum absolute atomic E-state index is 12.1. The zero-order chi connectivity index (χ0) is 17.7. The molecule has 0 bridgehead atoms. The van der Waals surface area contributed by atoms with Crippen LogP contribution in [-0.4, -0.2) is 35.6 Å². The van der Waals surface area contributed by atoms with Gasteiger partial charge in [-0.2, -0.15) is 0 Å². The molecule has 3 amide bonds. The van der Waals surface area contributed by atoms with E-state index < -0.39 is 17.5 Å². The van der Waals surface area contributed by atoms with Crippen molar-refractivity contribution in [2.45, 2.75) is 44.7 Å². The normalized spacial score (nSPS) is 19.9. The number of nitrogens with one attached hydrogen (secondary N) is 3. The molecule has 1 aromatic carbocycles. The van der Waals surface area contributed by atoms with Gasteiger partial charge >= 0.3 is 12.0 Å². The van der Waals surface area contributed by atoms with Gasteiger partial charge in [-0.25, -0.2) is 9.59 Å². The summed E-state index contributed by atoms with van der Waals surface area (Å²) in [5, 5.41) is 17.4. The molecule has 0 aliphatic heterocycles. The van der Waals surface area contributed by atoms with Crippen molar-refractivity contribution in [1.29, 1.82) is 0 Å². The molecule has 4 N–H and O–H groups in total. The maximum Gasteiger partial charge on any atom is 0.334 e. The highest BCUT2D eigenvalue weighted by Gasteiger charge is 2.46. The first kappa shape index (κ1) is 17.8. The molecule has 0 saturated heterocycles. The Kier molecular flexibility index (Phi) is 5.43. The third-order valence-electron chi connectivity index (χ3n) is 4.37. The molecule has 1 aromatic rings. The molecule has 1 aliphatic carbocycles. The van der Waals surface area contributed by atoms with Gasteiger partial charge < -0.3 is 21.1 Å². The van der Waals surface area contributed by atoms with Crippen LogP contribution in [0, 0.1) is 0 Å². The van der Waals surface area contributed by atoms with E-state index in [4.69, 9.17) is 0 Å². The van der Waals surface area contributed by atoms with E-state index in [0.29, 0.717) is 12.0 Å². The Bertz CT molecular complexity index is 646. The lowest BCUT2D eigenvalue weighted by Crippen LogP contribution is -2.55. The average Bonchev–Trinajstić information content (AvgIpc) is 2.93. The fourth-order valence-corrected chi connectivity index (χ4v) is 2.84. The molecule has 7 heteroatoms. The number of aliphatic carboxylic acids is 1. The third kappa shape index (κ3) is 3.67. The Morgan fingerprint density at radius 2 is 2.00 bits per heavy atom. The molecule has 0 radical (unpaired) electrons. The highest BCUT2D eigenvalue weighted by atomic mass is 16.4. The minimum absolute atomic E-state index is 0.0226. The van der Waals surface area contributed by atoms with Crippen molar-refractivity contribution in [2.24, 2.45) is 0 Å². The zero-order valence-corrected chi connectivity index (χ0v) is 13.9. The summed E-state index contributed by atoms with van der Waals surface area (Å²) < 4.78 is 0. The number of hydrogen-bond acceptors (Lipinski definition) is 3. The van der Waals surface area contributed by atoms with Crippen LogP contribution in [0.5, 0.6) is 0 Å². The molecule has 2 rings (SSSR count). The number of amides is 3. The first-order chi connectivity index (χ1) is 11.4. The number of fused-ring (bicyclic) bond motifs is 1. The second-order valence-electron chi connectivity index (χ2n) is 6.05. The quantitative estimate of drug-likeness (QED) is 0.626. The van der Waals surface area contributed by atoms with Crippen molar-refractivity contribution in [3.63, 3.8) is 0 Å². The molecule has 0 unspecified atom stereocenters. The van der Waals surface area contributed by atoms with Crippen molar-refractivity contribution in [3.05, 3.63) is 35.4 Å². The maximum atomic E-state index is 12.1. The van der Waals surface area contributed by atoms with Crippen molar-refractivity contribution in [2.75, 3.05) is 6.54 Å². The van der Waals surface area contributed by atoms with Gasteiger partial charge in [0, 0.05) is 6.04 Å². The van der Waals surface area contributed by atoms with E-state index in [9.17, 15) is 19.5 Å². The summed E-state index contributed by atoms with van der Waals surface area (Å²) in [5.74, 6) is -1.41. The molecule has 0 heterocycles. The number of carbonyl (C=O) groups is 3. The largest absolute Gasteiger partial charge is 0.479 e. The zero-order valence-electron chi connectivity index (χ0n) is 13.9. The van der Waals surface area contributed by atoms with Gasteiger partial charge in [-0.1, -0.05) is 31.2 Å². The minimum atomic E-state index is -1.45. The first-order valence-electron chi connectivity index (χ1n) is 8.06. The topological polar surface area (TPSA) is 108 Å². The van der Waals surface area contributed by atoms with Gasteiger partial charge in [-0.05, 0) is 37.3 Å². The fourth-order valence-electron chi connectivity index (χ4n) is 2.84. The predicted octanol–water partition coefficient (Wildman–Crippen LogP) is 1.13. The third-order valence-corrected chi connectivity index (χ3v) is 4.37. The molecule has 24 heavy (non-hydrogen) atoms. The van der Waals surface area contributed by atoms with Crippen LogP contribution in [0.3, 0.4) is 0 Å². The van der Waals surface area contributed by atoms with Gasteiger partial charge in [-0.3, -0.25) is 4.79 Å². The minimum Gasteiger partial charge on any atom is -0.479 e. The van der Waals surface area contributed by atoms with Gasteiger partial charge in [0.2, 0.25) is 5.91 Å². The number of benzene rings is 1. The first-order valence-corrected chi connectivity index (χ1v) is 8.06. The molecule has 0 saturated carbocycles. The lowest BCUT2D eigenvalue weighted by Gasteiger charge is -2.27. The molecular weight excluding hydrogens is 310 g/mol. The SMILES string of the molecule is CC[C@H](C)NC(=O)CNC(=O)N[C@@]1(C(=O)O)CCc2ccccc21. The Hall–Kier alpha value is -2.57. The molecule has 1 aliphatic rings.